The van der Waals surface area contributed by atoms with Gasteiger partial charge in [-0.05, 0) is 43.0 Å². The molecule has 0 aliphatic carbocycles. The quantitative estimate of drug-likeness (QED) is 0.461. The van der Waals surface area contributed by atoms with Crippen LogP contribution in [-0.4, -0.2) is 48.9 Å². The number of nitrogens with one attached hydrogen (secondary N) is 2. The molecule has 0 unspecified atom stereocenters. The smallest absolute Gasteiger partial charge is 0.251 e. The Morgan fingerprint density at radius 2 is 1.72 bits per heavy atom. The van der Waals surface area contributed by atoms with Crippen molar-refractivity contribution in [2.75, 3.05) is 26.2 Å². The maximum absolute atomic E-state index is 12.0. The summed E-state index contributed by atoms with van der Waals surface area (Å²) in [7, 11) is 0. The summed E-state index contributed by atoms with van der Waals surface area (Å²) in [5.74, 6) is 0.0232. The normalized spacial score (nSPS) is 14.1. The molecule has 1 saturated heterocycles. The van der Waals surface area contributed by atoms with Crippen molar-refractivity contribution in [1.82, 2.24) is 15.5 Å². The summed E-state index contributed by atoms with van der Waals surface area (Å²) >= 11 is 0. The molecule has 7 nitrogen and oxygen atoms in total. The number of carbonyl (C=O) groups is 2. The monoisotopic (exact) mass is 433 g/mol. The van der Waals surface area contributed by atoms with Gasteiger partial charge in [0.05, 0.1) is 13.1 Å². The molecule has 7 heteroatoms. The number of amides is 2. The van der Waals surface area contributed by atoms with Crippen molar-refractivity contribution >= 4 is 23.8 Å². The van der Waals surface area contributed by atoms with Crippen LogP contribution in [0.4, 0.5) is 0 Å². The van der Waals surface area contributed by atoms with Crippen LogP contribution in [0.1, 0.15) is 41.3 Å². The molecule has 1 heterocycles. The van der Waals surface area contributed by atoms with Gasteiger partial charge in [0.15, 0.2) is 5.96 Å². The molecular formula is C25H31N5O2. The van der Waals surface area contributed by atoms with E-state index < -0.39 is 5.91 Å². The van der Waals surface area contributed by atoms with Crippen molar-refractivity contribution in [3.8, 4) is 0 Å². The fourth-order valence-electron chi connectivity index (χ4n) is 3.56. The molecule has 0 radical (unpaired) electrons. The van der Waals surface area contributed by atoms with Crippen molar-refractivity contribution in [2.24, 2.45) is 10.7 Å². The molecule has 0 saturated carbocycles. The van der Waals surface area contributed by atoms with Crippen molar-refractivity contribution < 1.29 is 9.59 Å². The van der Waals surface area contributed by atoms with E-state index in [2.05, 4.69) is 52.8 Å². The van der Waals surface area contributed by atoms with E-state index in [0.29, 0.717) is 12.1 Å². The van der Waals surface area contributed by atoms with Crippen molar-refractivity contribution in [3.05, 3.63) is 76.9 Å². The molecule has 168 valence electrons. The number of benzene rings is 2. The Labute approximate surface area is 189 Å². The highest BCUT2D eigenvalue weighted by atomic mass is 16.2. The Balaban J connectivity index is 1.57. The summed E-state index contributed by atoms with van der Waals surface area (Å²) in [6.07, 6.45) is 4.34. The van der Waals surface area contributed by atoms with E-state index in [0.717, 1.165) is 44.0 Å². The number of nitrogens with zero attached hydrogens (tertiary/aromatic N) is 2. The SMILES string of the molecule is CCNC(=NCc1ccc(C(=O)NCC(N)=O)cc1)N1CCC(=Cc2ccccc2)CC1. The first-order valence-electron chi connectivity index (χ1n) is 11.0. The number of hydrogen-bond donors (Lipinski definition) is 3. The molecule has 0 atom stereocenters. The fraction of sp³-hybridized carbons (Fsp3) is 0.320. The lowest BCUT2D eigenvalue weighted by molar-refractivity contribution is -0.117. The van der Waals surface area contributed by atoms with Gasteiger partial charge in [0.25, 0.3) is 5.91 Å². The lowest BCUT2D eigenvalue weighted by Gasteiger charge is -2.31. The summed E-state index contributed by atoms with van der Waals surface area (Å²) in [6.45, 7) is 5.09. The van der Waals surface area contributed by atoms with Crippen LogP contribution in [0.5, 0.6) is 0 Å². The van der Waals surface area contributed by atoms with Crippen LogP contribution in [0.15, 0.2) is 65.2 Å². The molecule has 4 N–H and O–H groups in total. The number of rotatable bonds is 7. The minimum atomic E-state index is -0.569. The number of nitrogens with two attached hydrogens (primary N) is 1. The Morgan fingerprint density at radius 3 is 2.34 bits per heavy atom. The van der Waals surface area contributed by atoms with Crippen LogP contribution in [0.2, 0.25) is 0 Å². The average Bonchev–Trinajstić information content (AvgIpc) is 2.82. The highest BCUT2D eigenvalue weighted by Crippen LogP contribution is 2.19. The van der Waals surface area contributed by atoms with Crippen molar-refractivity contribution in [1.29, 1.82) is 0 Å². The van der Waals surface area contributed by atoms with E-state index in [1.165, 1.54) is 11.1 Å². The molecule has 0 aromatic heterocycles. The van der Waals surface area contributed by atoms with Crippen LogP contribution in [-0.2, 0) is 11.3 Å². The molecule has 0 spiro atoms. The number of hydrogen-bond acceptors (Lipinski definition) is 3. The van der Waals surface area contributed by atoms with Crippen LogP contribution >= 0.6 is 0 Å². The predicted molar refractivity (Wildman–Crippen MR) is 128 cm³/mol. The largest absolute Gasteiger partial charge is 0.368 e. The summed E-state index contributed by atoms with van der Waals surface area (Å²) in [5, 5.41) is 5.88. The van der Waals surface area contributed by atoms with Gasteiger partial charge in [0.1, 0.15) is 0 Å². The minimum Gasteiger partial charge on any atom is -0.368 e. The van der Waals surface area contributed by atoms with Gasteiger partial charge in [-0.25, -0.2) is 4.99 Å². The summed E-state index contributed by atoms with van der Waals surface area (Å²) < 4.78 is 0. The zero-order chi connectivity index (χ0) is 22.8. The Kier molecular flexibility index (Phi) is 8.43. The lowest BCUT2D eigenvalue weighted by atomic mass is 10.0. The third-order valence-corrected chi connectivity index (χ3v) is 5.26. The second kappa shape index (κ2) is 11.7. The number of guanidine groups is 1. The summed E-state index contributed by atoms with van der Waals surface area (Å²) in [4.78, 5) is 29.9. The average molecular weight is 434 g/mol. The van der Waals surface area contributed by atoms with Crippen LogP contribution in [0.25, 0.3) is 6.08 Å². The Bertz CT molecular complexity index is 958. The van der Waals surface area contributed by atoms with Gasteiger partial charge in [-0.15, -0.1) is 0 Å². The molecule has 2 amide bonds. The molecule has 2 aromatic carbocycles. The van der Waals surface area contributed by atoms with Gasteiger partial charge >= 0.3 is 0 Å². The van der Waals surface area contributed by atoms with E-state index >= 15 is 0 Å². The first-order chi connectivity index (χ1) is 15.5. The first-order valence-corrected chi connectivity index (χ1v) is 11.0. The maximum Gasteiger partial charge on any atom is 0.251 e. The summed E-state index contributed by atoms with van der Waals surface area (Å²) in [5.41, 5.74) is 9.27. The number of carbonyl (C=O) groups excluding carboxylic acids is 2. The van der Waals surface area contributed by atoms with Crippen molar-refractivity contribution in [3.63, 3.8) is 0 Å². The van der Waals surface area contributed by atoms with E-state index in [9.17, 15) is 9.59 Å². The molecular weight excluding hydrogens is 402 g/mol. The number of piperidine rings is 1. The second-order valence-electron chi connectivity index (χ2n) is 7.72. The van der Waals surface area contributed by atoms with Gasteiger partial charge in [0.2, 0.25) is 5.91 Å². The zero-order valence-electron chi connectivity index (χ0n) is 18.5. The van der Waals surface area contributed by atoms with E-state index in [4.69, 9.17) is 10.7 Å². The molecule has 2 aromatic rings. The highest BCUT2D eigenvalue weighted by Gasteiger charge is 2.17. The maximum atomic E-state index is 12.0. The third kappa shape index (κ3) is 6.97. The number of aliphatic imine (C=N–C) groups is 1. The third-order valence-electron chi connectivity index (χ3n) is 5.26. The number of likely N-dealkylation sites (tertiary alicyclic amines) is 1. The van der Waals surface area contributed by atoms with Gasteiger partial charge in [-0.3, -0.25) is 9.59 Å². The highest BCUT2D eigenvalue weighted by molar-refractivity contribution is 5.96. The standard InChI is InChI=1S/C25H31N5O2/c1-2-27-25(30-14-12-20(13-15-30)16-19-6-4-3-5-7-19)29-17-21-8-10-22(11-9-21)24(32)28-18-23(26)31/h3-11,16H,2,12-15,17-18H2,1H3,(H2,26,31)(H,27,29)(H,28,32). The van der Waals surface area contributed by atoms with Gasteiger partial charge in [-0.2, -0.15) is 0 Å². The molecule has 1 fully saturated rings. The van der Waals surface area contributed by atoms with Crippen LogP contribution in [0.3, 0.4) is 0 Å². The Hall–Kier alpha value is -3.61. The predicted octanol–water partition coefficient (Wildman–Crippen LogP) is 2.55. The van der Waals surface area contributed by atoms with Crippen LogP contribution < -0.4 is 16.4 Å². The zero-order valence-corrected chi connectivity index (χ0v) is 18.5. The summed E-state index contributed by atoms with van der Waals surface area (Å²) in [6, 6.07) is 17.7. The van der Waals surface area contributed by atoms with Gasteiger partial charge in [-0.1, -0.05) is 54.1 Å². The van der Waals surface area contributed by atoms with E-state index in [1.807, 2.05) is 18.2 Å². The molecule has 0 bridgehead atoms. The molecule has 1 aliphatic heterocycles. The molecule has 3 rings (SSSR count). The fourth-order valence-corrected chi connectivity index (χ4v) is 3.56. The number of primary amides is 1. The van der Waals surface area contributed by atoms with Gasteiger partial charge < -0.3 is 21.3 Å². The Morgan fingerprint density at radius 1 is 1.03 bits per heavy atom. The molecule has 1 aliphatic rings. The lowest BCUT2D eigenvalue weighted by Crippen LogP contribution is -2.44. The van der Waals surface area contributed by atoms with E-state index in [1.54, 1.807) is 12.1 Å². The first kappa shape index (κ1) is 23.1. The topological polar surface area (TPSA) is 99.8 Å². The second-order valence-corrected chi connectivity index (χ2v) is 7.72. The van der Waals surface area contributed by atoms with Crippen molar-refractivity contribution in [2.45, 2.75) is 26.3 Å². The van der Waals surface area contributed by atoms with Gasteiger partial charge in [0, 0.05) is 25.2 Å². The van der Waals surface area contributed by atoms with Crippen LogP contribution in [0, 0.1) is 0 Å². The molecule has 32 heavy (non-hydrogen) atoms. The minimum absolute atomic E-state index is 0.172. The van der Waals surface area contributed by atoms with E-state index in [-0.39, 0.29) is 12.5 Å².